The zero-order valence-electron chi connectivity index (χ0n) is 21.2. The number of sulfonamides is 1. The van der Waals surface area contributed by atoms with Crippen molar-refractivity contribution in [3.63, 3.8) is 0 Å². The first-order valence-electron chi connectivity index (χ1n) is 12.5. The van der Waals surface area contributed by atoms with Gasteiger partial charge in [-0.2, -0.15) is 4.31 Å². The molecule has 3 rings (SSSR count). The van der Waals surface area contributed by atoms with Crippen LogP contribution in [0.25, 0.3) is 0 Å². The van der Waals surface area contributed by atoms with Gasteiger partial charge in [0.2, 0.25) is 21.8 Å². The molecular weight excluding hydrogens is 474 g/mol. The Morgan fingerprint density at radius 1 is 0.944 bits per heavy atom. The van der Waals surface area contributed by atoms with Gasteiger partial charge in [-0.15, -0.1) is 0 Å². The van der Waals surface area contributed by atoms with Crippen LogP contribution in [0.4, 0.5) is 0 Å². The predicted octanol–water partition coefficient (Wildman–Crippen LogP) is 3.87. The molecule has 0 fully saturated rings. The summed E-state index contributed by atoms with van der Waals surface area (Å²) >= 11 is 0. The Kier molecular flexibility index (Phi) is 10.3. The molecule has 8 heteroatoms. The molecule has 0 heterocycles. The van der Waals surface area contributed by atoms with Crippen LogP contribution in [0, 0.1) is 0 Å². The first-order chi connectivity index (χ1) is 17.2. The van der Waals surface area contributed by atoms with Gasteiger partial charge in [0.15, 0.2) is 0 Å². The van der Waals surface area contributed by atoms with E-state index in [0.29, 0.717) is 6.54 Å². The van der Waals surface area contributed by atoms with Crippen LogP contribution in [0.15, 0.2) is 72.3 Å². The molecule has 0 bridgehead atoms. The summed E-state index contributed by atoms with van der Waals surface area (Å²) in [5, 5.41) is 2.97. The van der Waals surface area contributed by atoms with Gasteiger partial charge < -0.3 is 10.2 Å². The van der Waals surface area contributed by atoms with Crippen LogP contribution in [0.2, 0.25) is 0 Å². The number of hydrogen-bond acceptors (Lipinski definition) is 4. The molecule has 36 heavy (non-hydrogen) atoms. The highest BCUT2D eigenvalue weighted by Crippen LogP contribution is 2.19. The fraction of sp³-hybridized carbons (Fsp3) is 0.429. The molecule has 0 aromatic heterocycles. The van der Waals surface area contributed by atoms with Gasteiger partial charge in [0.05, 0.1) is 12.8 Å². The summed E-state index contributed by atoms with van der Waals surface area (Å²) in [6.07, 6.45) is 8.75. The van der Waals surface area contributed by atoms with Gasteiger partial charge in [-0.25, -0.2) is 8.42 Å². The lowest BCUT2D eigenvalue weighted by Crippen LogP contribution is -2.51. The van der Waals surface area contributed by atoms with E-state index in [4.69, 9.17) is 0 Å². The number of carbonyl (C=O) groups is 2. The van der Waals surface area contributed by atoms with E-state index >= 15 is 0 Å². The minimum atomic E-state index is -3.66. The number of nitrogens with zero attached hydrogens (tertiary/aromatic N) is 2. The molecule has 2 aromatic rings. The van der Waals surface area contributed by atoms with Crippen molar-refractivity contribution in [3.05, 3.63) is 83.4 Å². The van der Waals surface area contributed by atoms with Crippen molar-refractivity contribution in [2.24, 2.45) is 0 Å². The first kappa shape index (κ1) is 27.6. The molecule has 0 radical (unpaired) electrons. The Bertz CT molecular complexity index is 1130. The molecule has 7 nitrogen and oxygen atoms in total. The molecule has 2 amide bonds. The molecule has 194 valence electrons. The lowest BCUT2D eigenvalue weighted by Gasteiger charge is -2.31. The molecule has 2 aromatic carbocycles. The van der Waals surface area contributed by atoms with E-state index in [1.807, 2.05) is 60.7 Å². The highest BCUT2D eigenvalue weighted by atomic mass is 32.2. The van der Waals surface area contributed by atoms with Crippen LogP contribution in [0.5, 0.6) is 0 Å². The molecule has 1 N–H and O–H groups in total. The molecule has 0 unspecified atom stereocenters. The minimum absolute atomic E-state index is 0.0836. The third kappa shape index (κ3) is 8.60. The van der Waals surface area contributed by atoms with Crippen molar-refractivity contribution < 1.29 is 18.0 Å². The van der Waals surface area contributed by atoms with E-state index < -0.39 is 22.0 Å². The second-order valence-electron chi connectivity index (χ2n) is 9.35. The van der Waals surface area contributed by atoms with E-state index in [-0.39, 0.29) is 25.5 Å². The smallest absolute Gasteiger partial charge is 0.242 e. The summed E-state index contributed by atoms with van der Waals surface area (Å²) < 4.78 is 26.2. The third-order valence-corrected chi connectivity index (χ3v) is 7.67. The van der Waals surface area contributed by atoms with Crippen LogP contribution in [0.1, 0.15) is 50.2 Å². The zero-order valence-corrected chi connectivity index (χ0v) is 22.0. The Balaban J connectivity index is 1.72. The highest BCUT2D eigenvalue weighted by Gasteiger charge is 2.29. The third-order valence-electron chi connectivity index (χ3n) is 6.48. The number of amides is 2. The van der Waals surface area contributed by atoms with Gasteiger partial charge in [-0.1, -0.05) is 72.3 Å². The monoisotopic (exact) mass is 511 g/mol. The topological polar surface area (TPSA) is 86.8 Å². The van der Waals surface area contributed by atoms with Crippen LogP contribution in [0.3, 0.4) is 0 Å². The standard InChI is InChI=1S/C28H37N3O4S/c1-23(28(33)29-19-18-24-12-6-3-7-13-24)31(21-26-16-10-5-11-17-26)27(32)22-30(36(2,34)35)20-25-14-8-4-9-15-25/h4-5,8-12,14-17,23H,3,6-7,13,18-22H2,1-2H3,(H,29,33)/t23-/m1/s1. The van der Waals surface area contributed by atoms with Crippen molar-refractivity contribution in [2.75, 3.05) is 19.3 Å². The summed E-state index contributed by atoms with van der Waals surface area (Å²) in [6, 6.07) is 17.8. The van der Waals surface area contributed by atoms with E-state index in [1.54, 1.807) is 6.92 Å². The Labute approximate surface area is 215 Å². The normalized spacial score (nSPS) is 14.7. The van der Waals surface area contributed by atoms with Gasteiger partial charge in [0, 0.05) is 19.6 Å². The Morgan fingerprint density at radius 2 is 1.56 bits per heavy atom. The van der Waals surface area contributed by atoms with E-state index in [0.717, 1.165) is 41.0 Å². The van der Waals surface area contributed by atoms with Crippen LogP contribution in [-0.2, 0) is 32.7 Å². The van der Waals surface area contributed by atoms with Gasteiger partial charge in [-0.05, 0) is 50.2 Å². The molecule has 0 spiro atoms. The lowest BCUT2D eigenvalue weighted by atomic mass is 9.97. The van der Waals surface area contributed by atoms with Crippen LogP contribution >= 0.6 is 0 Å². The van der Waals surface area contributed by atoms with Crippen LogP contribution in [-0.4, -0.2) is 54.8 Å². The average molecular weight is 512 g/mol. The number of allylic oxidation sites excluding steroid dienone is 1. The maximum atomic E-state index is 13.5. The van der Waals surface area contributed by atoms with Crippen molar-refractivity contribution in [1.29, 1.82) is 0 Å². The molecule has 1 aliphatic carbocycles. The number of carbonyl (C=O) groups excluding carboxylic acids is 2. The summed E-state index contributed by atoms with van der Waals surface area (Å²) in [5.41, 5.74) is 3.02. The number of hydrogen-bond donors (Lipinski definition) is 1. The zero-order chi connectivity index (χ0) is 26.0. The molecule has 1 atom stereocenters. The second kappa shape index (κ2) is 13.4. The van der Waals surface area contributed by atoms with Crippen molar-refractivity contribution in [2.45, 2.75) is 58.2 Å². The van der Waals surface area contributed by atoms with Crippen molar-refractivity contribution in [1.82, 2.24) is 14.5 Å². The maximum Gasteiger partial charge on any atom is 0.242 e. The average Bonchev–Trinajstić information content (AvgIpc) is 2.87. The van der Waals surface area contributed by atoms with Crippen molar-refractivity contribution >= 4 is 21.8 Å². The van der Waals surface area contributed by atoms with E-state index in [9.17, 15) is 18.0 Å². The van der Waals surface area contributed by atoms with Gasteiger partial charge >= 0.3 is 0 Å². The number of rotatable bonds is 12. The fourth-order valence-corrected chi connectivity index (χ4v) is 5.04. The summed E-state index contributed by atoms with van der Waals surface area (Å²) in [7, 11) is -3.66. The summed E-state index contributed by atoms with van der Waals surface area (Å²) in [4.78, 5) is 28.0. The molecule has 0 aliphatic heterocycles. The van der Waals surface area contributed by atoms with Gasteiger partial charge in [-0.3, -0.25) is 9.59 Å². The summed E-state index contributed by atoms with van der Waals surface area (Å²) in [6.45, 7) is 2.16. The quantitative estimate of drug-likeness (QED) is 0.438. The summed E-state index contributed by atoms with van der Waals surface area (Å²) in [5.74, 6) is -0.664. The largest absolute Gasteiger partial charge is 0.354 e. The lowest BCUT2D eigenvalue weighted by molar-refractivity contribution is -0.140. The van der Waals surface area contributed by atoms with Gasteiger partial charge in [0.1, 0.15) is 6.04 Å². The first-order valence-corrected chi connectivity index (χ1v) is 14.4. The molecule has 1 aliphatic rings. The number of nitrogens with one attached hydrogen (secondary N) is 1. The maximum absolute atomic E-state index is 13.5. The Morgan fingerprint density at radius 3 is 2.11 bits per heavy atom. The van der Waals surface area contributed by atoms with Gasteiger partial charge in [0.25, 0.3) is 0 Å². The van der Waals surface area contributed by atoms with Crippen LogP contribution < -0.4 is 5.32 Å². The second-order valence-corrected chi connectivity index (χ2v) is 11.3. The van der Waals surface area contributed by atoms with E-state index in [2.05, 4.69) is 11.4 Å². The highest BCUT2D eigenvalue weighted by molar-refractivity contribution is 7.88. The predicted molar refractivity (Wildman–Crippen MR) is 142 cm³/mol. The minimum Gasteiger partial charge on any atom is -0.354 e. The molecular formula is C28H37N3O4S. The molecule has 0 saturated carbocycles. The number of benzene rings is 2. The van der Waals surface area contributed by atoms with Crippen molar-refractivity contribution in [3.8, 4) is 0 Å². The van der Waals surface area contributed by atoms with E-state index in [1.165, 1.54) is 23.3 Å². The Hall–Kier alpha value is -2.97. The molecule has 0 saturated heterocycles. The SMILES string of the molecule is C[C@H](C(=O)NCCC1=CCCCC1)N(Cc1ccccc1)C(=O)CN(Cc1ccccc1)S(C)(=O)=O. The fourth-order valence-electron chi connectivity index (χ4n) is 4.31.